The lowest BCUT2D eigenvalue weighted by molar-refractivity contribution is -0.180. The highest BCUT2D eigenvalue weighted by Gasteiger charge is 2.52. The minimum absolute atomic E-state index is 0.0631. The largest absolute Gasteiger partial charge is 0.496 e. The van der Waals surface area contributed by atoms with Crippen molar-refractivity contribution in [1.82, 2.24) is 0 Å². The number of fused-ring (bicyclic) bond motifs is 1. The van der Waals surface area contributed by atoms with E-state index in [9.17, 15) is 4.79 Å². The summed E-state index contributed by atoms with van der Waals surface area (Å²) in [4.78, 5) is 12.1. The second-order valence-corrected chi connectivity index (χ2v) is 6.65. The molecule has 1 aromatic rings. The molecule has 136 valence electrons. The van der Waals surface area contributed by atoms with Crippen molar-refractivity contribution in [2.75, 3.05) is 14.2 Å². The normalized spacial score (nSPS) is 30.4. The lowest BCUT2D eigenvalue weighted by Gasteiger charge is -2.21. The van der Waals surface area contributed by atoms with Gasteiger partial charge in [-0.05, 0) is 32.4 Å². The highest BCUT2D eigenvalue weighted by atomic mass is 16.8. The number of hydrogen-bond acceptors (Lipinski definition) is 6. The van der Waals surface area contributed by atoms with Crippen LogP contribution in [0.4, 0.5) is 0 Å². The molecule has 2 aliphatic rings. The number of rotatable bonds is 4. The van der Waals surface area contributed by atoms with Gasteiger partial charge in [-0.1, -0.05) is 24.3 Å². The van der Waals surface area contributed by atoms with Crippen LogP contribution in [0.1, 0.15) is 36.7 Å². The Kier molecular flexibility index (Phi) is 4.86. The van der Waals surface area contributed by atoms with Crippen molar-refractivity contribution in [2.24, 2.45) is 0 Å². The molecule has 4 atom stereocenters. The van der Waals surface area contributed by atoms with E-state index in [1.807, 2.05) is 45.1 Å². The fourth-order valence-electron chi connectivity index (χ4n) is 3.37. The van der Waals surface area contributed by atoms with Crippen LogP contribution < -0.4 is 4.74 Å². The molecule has 0 aromatic heterocycles. The quantitative estimate of drug-likeness (QED) is 0.780. The van der Waals surface area contributed by atoms with E-state index in [1.54, 1.807) is 6.07 Å². The van der Waals surface area contributed by atoms with Crippen molar-refractivity contribution in [3.63, 3.8) is 0 Å². The van der Waals surface area contributed by atoms with Gasteiger partial charge in [-0.2, -0.15) is 0 Å². The number of carbonyl (C=O) groups is 1. The maximum atomic E-state index is 12.1. The van der Waals surface area contributed by atoms with E-state index < -0.39 is 11.8 Å². The van der Waals surface area contributed by atoms with Crippen LogP contribution in [0.3, 0.4) is 0 Å². The molecular weight excluding hydrogens is 324 g/mol. The Bertz CT molecular complexity index is 680. The van der Waals surface area contributed by atoms with Gasteiger partial charge in [-0.15, -0.1) is 0 Å². The Labute approximate surface area is 147 Å². The third kappa shape index (κ3) is 3.42. The summed E-state index contributed by atoms with van der Waals surface area (Å²) in [6.07, 6.45) is 3.14. The van der Waals surface area contributed by atoms with E-state index in [1.165, 1.54) is 14.2 Å². The van der Waals surface area contributed by atoms with E-state index in [-0.39, 0.29) is 24.4 Å². The Morgan fingerprint density at radius 3 is 2.60 bits per heavy atom. The molecule has 0 aliphatic carbocycles. The zero-order chi connectivity index (χ0) is 18.2. The zero-order valence-electron chi connectivity index (χ0n) is 15.1. The van der Waals surface area contributed by atoms with Crippen molar-refractivity contribution in [2.45, 2.75) is 51.0 Å². The predicted octanol–water partition coefficient (Wildman–Crippen LogP) is 2.80. The van der Waals surface area contributed by atoms with Gasteiger partial charge in [0, 0.05) is 0 Å². The smallest absolute Gasteiger partial charge is 0.342 e. The molecule has 2 saturated heterocycles. The fourth-order valence-corrected chi connectivity index (χ4v) is 3.37. The topological polar surface area (TPSA) is 63.2 Å². The fraction of sp³-hybridized carbons (Fsp3) is 0.526. The first kappa shape index (κ1) is 17.9. The van der Waals surface area contributed by atoms with Crippen LogP contribution in [-0.2, 0) is 18.9 Å². The number of methoxy groups -OCH3 is 2. The Morgan fingerprint density at radius 1 is 1.20 bits per heavy atom. The molecule has 0 N–H and O–H groups in total. The molecule has 0 spiro atoms. The number of hydrogen-bond donors (Lipinski definition) is 0. The van der Waals surface area contributed by atoms with Crippen molar-refractivity contribution >= 4 is 12.0 Å². The summed E-state index contributed by atoms with van der Waals surface area (Å²) in [6, 6.07) is 5.38. The third-order valence-electron chi connectivity index (χ3n) is 4.46. The van der Waals surface area contributed by atoms with Gasteiger partial charge in [0.2, 0.25) is 0 Å². The molecule has 0 unspecified atom stereocenters. The van der Waals surface area contributed by atoms with Crippen LogP contribution in [0.5, 0.6) is 5.75 Å². The Hall–Kier alpha value is -1.89. The van der Waals surface area contributed by atoms with Crippen LogP contribution in [0.15, 0.2) is 24.3 Å². The van der Waals surface area contributed by atoms with Gasteiger partial charge in [0.1, 0.15) is 29.6 Å². The Morgan fingerprint density at radius 2 is 1.92 bits per heavy atom. The number of carbonyl (C=O) groups excluding carboxylic acids is 1. The second kappa shape index (κ2) is 6.78. The van der Waals surface area contributed by atoms with Crippen LogP contribution in [0.2, 0.25) is 0 Å². The molecule has 0 amide bonds. The van der Waals surface area contributed by atoms with Crippen LogP contribution in [0.25, 0.3) is 6.08 Å². The van der Waals surface area contributed by atoms with Crippen LogP contribution >= 0.6 is 0 Å². The maximum absolute atomic E-state index is 12.1. The summed E-state index contributed by atoms with van der Waals surface area (Å²) in [5.74, 6) is -0.599. The van der Waals surface area contributed by atoms with Crippen molar-refractivity contribution in [3.8, 4) is 5.75 Å². The molecule has 1 aromatic carbocycles. The highest BCUT2D eigenvalue weighted by molar-refractivity contribution is 5.96. The first-order valence-electron chi connectivity index (χ1n) is 8.31. The van der Waals surface area contributed by atoms with Gasteiger partial charge in [0.05, 0.1) is 20.3 Å². The molecule has 6 nitrogen and oxygen atoms in total. The van der Waals surface area contributed by atoms with E-state index in [0.717, 1.165) is 0 Å². The van der Waals surface area contributed by atoms with E-state index in [0.29, 0.717) is 16.9 Å². The highest BCUT2D eigenvalue weighted by Crippen LogP contribution is 2.39. The van der Waals surface area contributed by atoms with Crippen molar-refractivity contribution in [3.05, 3.63) is 35.4 Å². The molecule has 0 bridgehead atoms. The zero-order valence-corrected chi connectivity index (χ0v) is 15.1. The molecule has 0 saturated carbocycles. The summed E-state index contributed by atoms with van der Waals surface area (Å²) in [5, 5.41) is 0. The first-order chi connectivity index (χ1) is 11.9. The summed E-state index contributed by atoms with van der Waals surface area (Å²) >= 11 is 0. The minimum atomic E-state index is -0.618. The summed E-state index contributed by atoms with van der Waals surface area (Å²) in [7, 11) is 2.87. The van der Waals surface area contributed by atoms with Gasteiger partial charge in [0.15, 0.2) is 5.79 Å². The first-order valence-corrected chi connectivity index (χ1v) is 8.31. The van der Waals surface area contributed by atoms with Crippen LogP contribution in [0, 0.1) is 0 Å². The lowest BCUT2D eigenvalue weighted by atomic mass is 10.0. The lowest BCUT2D eigenvalue weighted by Crippen LogP contribution is -2.28. The predicted molar refractivity (Wildman–Crippen MR) is 91.5 cm³/mol. The van der Waals surface area contributed by atoms with Gasteiger partial charge in [-0.3, -0.25) is 0 Å². The number of esters is 1. The van der Waals surface area contributed by atoms with Gasteiger partial charge < -0.3 is 23.7 Å². The average molecular weight is 348 g/mol. The molecule has 25 heavy (non-hydrogen) atoms. The van der Waals surface area contributed by atoms with Crippen molar-refractivity contribution < 1.29 is 28.5 Å². The van der Waals surface area contributed by atoms with E-state index in [4.69, 9.17) is 23.7 Å². The van der Waals surface area contributed by atoms with Gasteiger partial charge in [0.25, 0.3) is 0 Å². The van der Waals surface area contributed by atoms with Crippen LogP contribution in [-0.4, -0.2) is 50.4 Å². The van der Waals surface area contributed by atoms with Crippen molar-refractivity contribution in [1.29, 1.82) is 0 Å². The SMILES string of the molecule is COC(=O)c1c(/C=C/[C@H]2O[C@@H](C)[C@@H]3OC(C)(C)O[C@@H]32)cccc1OC. The molecule has 2 aliphatic heterocycles. The number of ether oxygens (including phenoxy) is 5. The molecule has 0 radical (unpaired) electrons. The number of benzene rings is 1. The molecule has 2 heterocycles. The summed E-state index contributed by atoms with van der Waals surface area (Å²) < 4.78 is 28.0. The molecule has 2 fully saturated rings. The maximum Gasteiger partial charge on any atom is 0.342 e. The average Bonchev–Trinajstić information content (AvgIpc) is 3.05. The standard InChI is InChI=1S/C19H24O6/c1-11-16-17(25-19(2,3)24-16)14(23-11)10-9-12-7-6-8-13(21-4)15(12)18(20)22-5/h6-11,14,16-17H,1-5H3/b10-9+/t11-,14+,16-,17+/m0/s1. The monoisotopic (exact) mass is 348 g/mol. The molecular formula is C19H24O6. The molecule has 6 heteroatoms. The second-order valence-electron chi connectivity index (χ2n) is 6.65. The van der Waals surface area contributed by atoms with E-state index >= 15 is 0 Å². The molecule has 3 rings (SSSR count). The minimum Gasteiger partial charge on any atom is -0.496 e. The van der Waals surface area contributed by atoms with Gasteiger partial charge in [-0.25, -0.2) is 4.79 Å². The van der Waals surface area contributed by atoms with Gasteiger partial charge >= 0.3 is 5.97 Å². The summed E-state index contributed by atoms with van der Waals surface area (Å²) in [6.45, 7) is 5.77. The Balaban J connectivity index is 1.87. The third-order valence-corrected chi connectivity index (χ3v) is 4.46. The van der Waals surface area contributed by atoms with E-state index in [2.05, 4.69) is 0 Å². The summed E-state index contributed by atoms with van der Waals surface area (Å²) in [5.41, 5.74) is 1.08.